The molecule has 1 unspecified atom stereocenters. The number of rotatable bonds is 4. The predicted molar refractivity (Wildman–Crippen MR) is 93.8 cm³/mol. The first kappa shape index (κ1) is 20.2. The number of benzene rings is 1. The average Bonchev–Trinajstić information content (AvgIpc) is 2.67. The Morgan fingerprint density at radius 2 is 1.76 bits per heavy atom. The number of nitrogens with zero attached hydrogens (tertiary/aromatic N) is 2. The van der Waals surface area contributed by atoms with Crippen molar-refractivity contribution in [1.82, 2.24) is 15.3 Å². The molecule has 0 aliphatic heterocycles. The van der Waals surface area contributed by atoms with Gasteiger partial charge in [0.2, 0.25) is 0 Å². The van der Waals surface area contributed by atoms with Crippen molar-refractivity contribution < 1.29 is 26.7 Å². The summed E-state index contributed by atoms with van der Waals surface area (Å²) in [4.78, 5) is 20.0. The summed E-state index contributed by atoms with van der Waals surface area (Å²) in [5, 5.41) is 4.80. The Morgan fingerprint density at radius 1 is 1.00 bits per heavy atom. The molecule has 1 aromatic carbocycles. The van der Waals surface area contributed by atoms with Gasteiger partial charge in [-0.3, -0.25) is 9.97 Å². The van der Waals surface area contributed by atoms with Crippen molar-refractivity contribution >= 4 is 11.7 Å². The molecular formula is C19H13F5N4O. The molecule has 0 spiro atoms. The second kappa shape index (κ2) is 8.21. The Kier molecular flexibility index (Phi) is 5.71. The number of hydrogen-bond acceptors (Lipinski definition) is 3. The number of carbonyl (C=O) groups excluding carboxylic acids is 1. The van der Waals surface area contributed by atoms with Crippen LogP contribution in [0.1, 0.15) is 22.9 Å². The average molecular weight is 408 g/mol. The van der Waals surface area contributed by atoms with E-state index < -0.39 is 35.4 Å². The second-order valence-corrected chi connectivity index (χ2v) is 5.88. The van der Waals surface area contributed by atoms with Crippen LogP contribution in [0.25, 0.3) is 0 Å². The third-order valence-corrected chi connectivity index (χ3v) is 3.88. The quantitative estimate of drug-likeness (QED) is 0.616. The number of pyridine rings is 2. The van der Waals surface area contributed by atoms with Crippen LogP contribution < -0.4 is 10.6 Å². The fraction of sp³-hybridized carbons (Fsp3) is 0.105. The van der Waals surface area contributed by atoms with Gasteiger partial charge in [-0.15, -0.1) is 0 Å². The van der Waals surface area contributed by atoms with Crippen LogP contribution in [0.5, 0.6) is 0 Å². The van der Waals surface area contributed by atoms with Crippen molar-refractivity contribution in [2.24, 2.45) is 0 Å². The Morgan fingerprint density at radius 3 is 2.41 bits per heavy atom. The summed E-state index contributed by atoms with van der Waals surface area (Å²) in [5.74, 6) is -2.33. The van der Waals surface area contributed by atoms with Crippen molar-refractivity contribution in [2.75, 3.05) is 5.32 Å². The van der Waals surface area contributed by atoms with Crippen LogP contribution in [0.15, 0.2) is 61.1 Å². The summed E-state index contributed by atoms with van der Waals surface area (Å²) < 4.78 is 67.2. The number of halogens is 5. The van der Waals surface area contributed by atoms with Crippen molar-refractivity contribution in [1.29, 1.82) is 0 Å². The van der Waals surface area contributed by atoms with E-state index >= 15 is 0 Å². The predicted octanol–water partition coefficient (Wildman–Crippen LogP) is 4.68. The summed E-state index contributed by atoms with van der Waals surface area (Å²) in [6.45, 7) is 0. The molecule has 2 aromatic heterocycles. The zero-order valence-corrected chi connectivity index (χ0v) is 14.5. The number of hydrogen-bond donors (Lipinski definition) is 2. The highest BCUT2D eigenvalue weighted by Crippen LogP contribution is 2.34. The van der Waals surface area contributed by atoms with E-state index in [0.717, 1.165) is 12.1 Å². The van der Waals surface area contributed by atoms with Crippen LogP contribution in [-0.2, 0) is 6.18 Å². The van der Waals surface area contributed by atoms with Crippen molar-refractivity contribution in [3.05, 3.63) is 89.5 Å². The van der Waals surface area contributed by atoms with Crippen LogP contribution in [-0.4, -0.2) is 16.0 Å². The lowest BCUT2D eigenvalue weighted by atomic mass is 9.99. The summed E-state index contributed by atoms with van der Waals surface area (Å²) in [6.07, 6.45) is -0.923. The SMILES string of the molecule is O=C(Nc1cccnc1)NC(c1ccc(F)c(C(F)(F)F)c1)c1ncccc1F. The van der Waals surface area contributed by atoms with Gasteiger partial charge in [0.15, 0.2) is 0 Å². The third-order valence-electron chi connectivity index (χ3n) is 3.88. The molecule has 0 aliphatic rings. The van der Waals surface area contributed by atoms with Crippen molar-refractivity contribution in [3.63, 3.8) is 0 Å². The highest BCUT2D eigenvalue weighted by Gasteiger charge is 2.35. The molecule has 0 radical (unpaired) electrons. The minimum atomic E-state index is -4.97. The minimum Gasteiger partial charge on any atom is -0.325 e. The normalized spacial score (nSPS) is 12.3. The lowest BCUT2D eigenvalue weighted by Gasteiger charge is -2.21. The monoisotopic (exact) mass is 408 g/mol. The third kappa shape index (κ3) is 4.84. The van der Waals surface area contributed by atoms with Crippen LogP contribution in [0.4, 0.5) is 32.4 Å². The number of anilines is 1. The molecule has 0 fully saturated rings. The molecule has 2 N–H and O–H groups in total. The molecule has 2 heterocycles. The highest BCUT2D eigenvalue weighted by molar-refractivity contribution is 5.89. The summed E-state index contributed by atoms with van der Waals surface area (Å²) in [7, 11) is 0. The zero-order chi connectivity index (χ0) is 21.0. The molecule has 29 heavy (non-hydrogen) atoms. The first-order valence-electron chi connectivity index (χ1n) is 8.20. The molecule has 150 valence electrons. The van der Waals surface area contributed by atoms with E-state index in [1.165, 1.54) is 30.7 Å². The lowest BCUT2D eigenvalue weighted by Crippen LogP contribution is -2.34. The van der Waals surface area contributed by atoms with Gasteiger partial charge in [-0.25, -0.2) is 13.6 Å². The Balaban J connectivity index is 1.98. The summed E-state index contributed by atoms with van der Waals surface area (Å²) in [6, 6.07) is 5.31. The Hall–Kier alpha value is -3.56. The fourth-order valence-corrected chi connectivity index (χ4v) is 2.59. The molecule has 5 nitrogen and oxygen atoms in total. The number of nitrogens with one attached hydrogen (secondary N) is 2. The van der Waals surface area contributed by atoms with E-state index in [9.17, 15) is 26.7 Å². The molecule has 0 saturated carbocycles. The summed E-state index contributed by atoms with van der Waals surface area (Å²) in [5.41, 5.74) is -1.75. The largest absolute Gasteiger partial charge is 0.419 e. The van der Waals surface area contributed by atoms with E-state index in [2.05, 4.69) is 20.6 Å². The molecule has 0 bridgehead atoms. The van der Waals surface area contributed by atoms with Gasteiger partial charge in [-0.1, -0.05) is 6.07 Å². The maximum atomic E-state index is 14.3. The number of alkyl halides is 3. The maximum Gasteiger partial charge on any atom is 0.419 e. The van der Waals surface area contributed by atoms with Gasteiger partial charge in [-0.2, -0.15) is 13.2 Å². The van der Waals surface area contributed by atoms with Gasteiger partial charge in [0.1, 0.15) is 23.4 Å². The van der Waals surface area contributed by atoms with E-state index in [1.54, 1.807) is 6.07 Å². The fourth-order valence-electron chi connectivity index (χ4n) is 2.59. The first-order valence-corrected chi connectivity index (χ1v) is 8.20. The van der Waals surface area contributed by atoms with Crippen molar-refractivity contribution in [2.45, 2.75) is 12.2 Å². The molecule has 10 heteroatoms. The molecule has 1 atom stereocenters. The molecule has 2 amide bonds. The van der Waals surface area contributed by atoms with Gasteiger partial charge in [0.25, 0.3) is 0 Å². The van der Waals surface area contributed by atoms with E-state index in [0.29, 0.717) is 17.8 Å². The van der Waals surface area contributed by atoms with Crippen LogP contribution in [0.2, 0.25) is 0 Å². The number of aromatic nitrogens is 2. The van der Waals surface area contributed by atoms with Gasteiger partial charge < -0.3 is 10.6 Å². The van der Waals surface area contributed by atoms with Crippen LogP contribution in [0, 0.1) is 11.6 Å². The summed E-state index contributed by atoms with van der Waals surface area (Å²) >= 11 is 0. The van der Waals surface area contributed by atoms with Crippen LogP contribution >= 0.6 is 0 Å². The molecule has 0 saturated heterocycles. The second-order valence-electron chi connectivity index (χ2n) is 5.88. The van der Waals surface area contributed by atoms with Gasteiger partial charge in [-0.05, 0) is 42.0 Å². The number of carbonyl (C=O) groups is 1. The number of urea groups is 1. The molecule has 0 aliphatic carbocycles. The molecular weight excluding hydrogens is 395 g/mol. The number of amides is 2. The molecule has 3 aromatic rings. The lowest BCUT2D eigenvalue weighted by molar-refractivity contribution is -0.140. The highest BCUT2D eigenvalue weighted by atomic mass is 19.4. The molecule has 3 rings (SSSR count). The van der Waals surface area contributed by atoms with E-state index in [-0.39, 0.29) is 11.3 Å². The van der Waals surface area contributed by atoms with Crippen LogP contribution in [0.3, 0.4) is 0 Å². The Bertz CT molecular complexity index is 1010. The van der Waals surface area contributed by atoms with Gasteiger partial charge in [0, 0.05) is 12.4 Å². The smallest absolute Gasteiger partial charge is 0.325 e. The topological polar surface area (TPSA) is 66.9 Å². The van der Waals surface area contributed by atoms with Gasteiger partial charge in [0.05, 0.1) is 17.4 Å². The maximum absolute atomic E-state index is 14.3. The standard InChI is InChI=1S/C19H13F5N4O/c20-14-6-5-11(9-13(14)19(22,23)24)16(17-15(21)4-2-8-26-17)28-18(29)27-12-3-1-7-25-10-12/h1-10,16H,(H2,27,28,29). The van der Waals surface area contributed by atoms with Gasteiger partial charge >= 0.3 is 12.2 Å². The van der Waals surface area contributed by atoms with E-state index in [1.807, 2.05) is 0 Å². The zero-order valence-electron chi connectivity index (χ0n) is 14.5. The Labute approximate surface area is 161 Å². The first-order chi connectivity index (χ1) is 13.8. The minimum absolute atomic E-state index is 0.197. The van der Waals surface area contributed by atoms with Crippen molar-refractivity contribution in [3.8, 4) is 0 Å². The van der Waals surface area contributed by atoms with E-state index in [4.69, 9.17) is 0 Å².